The summed E-state index contributed by atoms with van der Waals surface area (Å²) in [6.07, 6.45) is 3.14. The van der Waals surface area contributed by atoms with Gasteiger partial charge in [0.2, 0.25) is 0 Å². The number of piperidine rings is 1. The van der Waals surface area contributed by atoms with Crippen LogP contribution in [0.5, 0.6) is 0 Å². The second kappa shape index (κ2) is 6.75. The van der Waals surface area contributed by atoms with Gasteiger partial charge in [-0.05, 0) is 19.4 Å². The maximum Gasteiger partial charge on any atom is 0.260 e. The molecule has 0 aromatic heterocycles. The van der Waals surface area contributed by atoms with Crippen molar-refractivity contribution in [3.63, 3.8) is 0 Å². The van der Waals surface area contributed by atoms with Crippen molar-refractivity contribution >= 4 is 5.91 Å². The molecule has 5 nitrogen and oxygen atoms in total. The summed E-state index contributed by atoms with van der Waals surface area (Å²) in [5.74, 6) is -0.0826. The highest BCUT2D eigenvalue weighted by Crippen LogP contribution is 2.06. The minimum Gasteiger partial charge on any atom is -0.382 e. The Morgan fingerprint density at radius 3 is 3.00 bits per heavy atom. The maximum atomic E-state index is 11.4. The molecule has 0 spiro atoms. The molecule has 1 heterocycles. The first-order valence-corrected chi connectivity index (χ1v) is 4.98. The molecule has 1 saturated heterocycles. The summed E-state index contributed by atoms with van der Waals surface area (Å²) >= 11 is 0. The first kappa shape index (κ1) is 11.4. The normalized spacial score (nSPS) is 21.9. The number of methoxy groups -OCH3 is 1. The van der Waals surface area contributed by atoms with Gasteiger partial charge in [0.15, 0.2) is 0 Å². The molecule has 1 aliphatic rings. The second-order valence-electron chi connectivity index (χ2n) is 3.31. The third-order valence-corrected chi connectivity index (χ3v) is 2.19. The van der Waals surface area contributed by atoms with E-state index < -0.39 is 0 Å². The molecule has 1 fully saturated rings. The van der Waals surface area contributed by atoms with E-state index in [1.165, 1.54) is 0 Å². The van der Waals surface area contributed by atoms with Crippen molar-refractivity contribution in [3.05, 3.63) is 0 Å². The van der Waals surface area contributed by atoms with E-state index in [0.29, 0.717) is 13.2 Å². The van der Waals surface area contributed by atoms with Crippen molar-refractivity contribution in [2.24, 2.45) is 0 Å². The fourth-order valence-corrected chi connectivity index (χ4v) is 1.39. The molecule has 0 aliphatic carbocycles. The highest BCUT2D eigenvalue weighted by Gasteiger charge is 2.20. The van der Waals surface area contributed by atoms with Crippen molar-refractivity contribution in [1.29, 1.82) is 0 Å². The van der Waals surface area contributed by atoms with Crippen molar-refractivity contribution < 1.29 is 14.4 Å². The van der Waals surface area contributed by atoms with Crippen LogP contribution in [-0.2, 0) is 14.4 Å². The molecule has 1 aliphatic heterocycles. The standard InChI is InChI=1S/C9H18N2O3/c1-13-6-7-14-11-9(12)8-4-2-3-5-10-8/h8,10H,2-7H2,1H3,(H,11,12)/t8-/m1/s1. The van der Waals surface area contributed by atoms with Crippen LogP contribution in [0.15, 0.2) is 0 Å². The molecular formula is C9H18N2O3. The van der Waals surface area contributed by atoms with Crippen LogP contribution in [-0.4, -0.2) is 38.8 Å². The van der Waals surface area contributed by atoms with Gasteiger partial charge in [-0.1, -0.05) is 6.42 Å². The molecule has 5 heteroatoms. The molecule has 14 heavy (non-hydrogen) atoms. The zero-order chi connectivity index (χ0) is 10.2. The summed E-state index contributed by atoms with van der Waals surface area (Å²) in [5.41, 5.74) is 2.41. The van der Waals surface area contributed by atoms with Gasteiger partial charge in [-0.25, -0.2) is 5.48 Å². The van der Waals surface area contributed by atoms with Crippen LogP contribution in [0.25, 0.3) is 0 Å². The monoisotopic (exact) mass is 202 g/mol. The lowest BCUT2D eigenvalue weighted by Gasteiger charge is -2.22. The molecule has 0 saturated carbocycles. The topological polar surface area (TPSA) is 59.6 Å². The third kappa shape index (κ3) is 4.04. The SMILES string of the molecule is COCCONC(=O)[C@H]1CCCCN1. The van der Waals surface area contributed by atoms with Gasteiger partial charge in [-0.15, -0.1) is 0 Å². The van der Waals surface area contributed by atoms with Gasteiger partial charge < -0.3 is 10.1 Å². The van der Waals surface area contributed by atoms with Gasteiger partial charge in [0.1, 0.15) is 0 Å². The average Bonchev–Trinajstić information content (AvgIpc) is 2.25. The summed E-state index contributed by atoms with van der Waals surface area (Å²) in [5, 5.41) is 3.14. The van der Waals surface area contributed by atoms with E-state index in [2.05, 4.69) is 10.8 Å². The van der Waals surface area contributed by atoms with E-state index >= 15 is 0 Å². The lowest BCUT2D eigenvalue weighted by atomic mass is 10.1. The fraction of sp³-hybridized carbons (Fsp3) is 0.889. The Balaban J connectivity index is 2.07. The second-order valence-corrected chi connectivity index (χ2v) is 3.31. The number of carbonyl (C=O) groups is 1. The molecule has 0 bridgehead atoms. The largest absolute Gasteiger partial charge is 0.382 e. The van der Waals surface area contributed by atoms with Gasteiger partial charge in [0, 0.05) is 7.11 Å². The van der Waals surface area contributed by atoms with Gasteiger partial charge in [0.25, 0.3) is 5.91 Å². The lowest BCUT2D eigenvalue weighted by Crippen LogP contribution is -2.46. The number of nitrogens with one attached hydrogen (secondary N) is 2. The number of amides is 1. The van der Waals surface area contributed by atoms with E-state index in [1.54, 1.807) is 7.11 Å². The number of hydrogen-bond donors (Lipinski definition) is 2. The minimum atomic E-state index is -0.0914. The van der Waals surface area contributed by atoms with E-state index in [4.69, 9.17) is 9.57 Å². The quantitative estimate of drug-likeness (QED) is 0.480. The molecule has 1 rings (SSSR count). The van der Waals surface area contributed by atoms with Gasteiger partial charge in [-0.2, -0.15) is 0 Å². The number of rotatable bonds is 5. The highest BCUT2D eigenvalue weighted by molar-refractivity contribution is 5.80. The predicted octanol–water partition coefficient (Wildman–Crippen LogP) is -0.177. The first-order valence-electron chi connectivity index (χ1n) is 4.98. The van der Waals surface area contributed by atoms with Crippen molar-refractivity contribution in [1.82, 2.24) is 10.8 Å². The third-order valence-electron chi connectivity index (χ3n) is 2.19. The molecule has 1 atom stereocenters. The maximum absolute atomic E-state index is 11.4. The van der Waals surface area contributed by atoms with Gasteiger partial charge in [-0.3, -0.25) is 9.63 Å². The van der Waals surface area contributed by atoms with Crippen LogP contribution < -0.4 is 10.8 Å². The van der Waals surface area contributed by atoms with Crippen LogP contribution in [0, 0.1) is 0 Å². The molecule has 0 radical (unpaired) electrons. The van der Waals surface area contributed by atoms with Crippen LogP contribution in [0.3, 0.4) is 0 Å². The molecule has 0 aromatic rings. The Morgan fingerprint density at radius 1 is 1.50 bits per heavy atom. The van der Waals surface area contributed by atoms with Gasteiger partial charge in [0.05, 0.1) is 19.3 Å². The molecule has 82 valence electrons. The fourth-order valence-electron chi connectivity index (χ4n) is 1.39. The average molecular weight is 202 g/mol. The van der Waals surface area contributed by atoms with E-state index in [1.807, 2.05) is 0 Å². The van der Waals surface area contributed by atoms with Crippen molar-refractivity contribution in [2.45, 2.75) is 25.3 Å². The number of ether oxygens (including phenoxy) is 1. The summed E-state index contributed by atoms with van der Waals surface area (Å²) in [6.45, 7) is 1.78. The summed E-state index contributed by atoms with van der Waals surface area (Å²) in [4.78, 5) is 16.3. The summed E-state index contributed by atoms with van der Waals surface area (Å²) < 4.78 is 4.78. The highest BCUT2D eigenvalue weighted by atomic mass is 16.7. The number of carbonyl (C=O) groups excluding carboxylic acids is 1. The zero-order valence-corrected chi connectivity index (χ0v) is 8.54. The molecule has 2 N–H and O–H groups in total. The van der Waals surface area contributed by atoms with Crippen LogP contribution in [0.1, 0.15) is 19.3 Å². The van der Waals surface area contributed by atoms with E-state index in [0.717, 1.165) is 25.8 Å². The summed E-state index contributed by atoms with van der Waals surface area (Å²) in [6, 6.07) is -0.0914. The summed E-state index contributed by atoms with van der Waals surface area (Å²) in [7, 11) is 1.59. The Labute approximate surface area is 84.1 Å². The lowest BCUT2D eigenvalue weighted by molar-refractivity contribution is -0.137. The Bertz CT molecular complexity index is 169. The first-order chi connectivity index (χ1) is 6.84. The molecule has 0 unspecified atom stereocenters. The van der Waals surface area contributed by atoms with E-state index in [-0.39, 0.29) is 11.9 Å². The van der Waals surface area contributed by atoms with Gasteiger partial charge >= 0.3 is 0 Å². The van der Waals surface area contributed by atoms with Crippen LogP contribution >= 0.6 is 0 Å². The smallest absolute Gasteiger partial charge is 0.260 e. The zero-order valence-electron chi connectivity index (χ0n) is 8.54. The minimum absolute atomic E-state index is 0.0826. The molecular weight excluding hydrogens is 184 g/mol. The Kier molecular flexibility index (Phi) is 5.51. The van der Waals surface area contributed by atoms with Crippen molar-refractivity contribution in [2.75, 3.05) is 26.9 Å². The van der Waals surface area contributed by atoms with E-state index in [9.17, 15) is 4.79 Å². The van der Waals surface area contributed by atoms with Crippen LogP contribution in [0.4, 0.5) is 0 Å². The van der Waals surface area contributed by atoms with Crippen LogP contribution in [0.2, 0.25) is 0 Å². The molecule has 0 aromatic carbocycles. The Morgan fingerprint density at radius 2 is 2.36 bits per heavy atom. The van der Waals surface area contributed by atoms with Crippen molar-refractivity contribution in [3.8, 4) is 0 Å². The number of hydroxylamine groups is 1. The Hall–Kier alpha value is -0.650. The predicted molar refractivity (Wildman–Crippen MR) is 51.6 cm³/mol. The molecule has 1 amide bonds. The number of hydrogen-bond acceptors (Lipinski definition) is 4.